The zero-order valence-corrected chi connectivity index (χ0v) is 10.2. The van der Waals surface area contributed by atoms with Crippen LogP contribution in [0.5, 0.6) is 0 Å². The Morgan fingerprint density at radius 3 is 2.53 bits per heavy atom. The summed E-state index contributed by atoms with van der Waals surface area (Å²) in [7, 11) is -4.33. The maximum Gasteiger partial charge on any atom is 0.306 e. The molecule has 0 aliphatic heterocycles. The van der Waals surface area contributed by atoms with Gasteiger partial charge in [-0.1, -0.05) is 0 Å². The van der Waals surface area contributed by atoms with Crippen LogP contribution in [-0.2, 0) is 10.0 Å². The number of terminal acetylenes is 1. The molecule has 1 aromatic carbocycles. The summed E-state index contributed by atoms with van der Waals surface area (Å²) in [5, 5.41) is 10.5. The van der Waals surface area contributed by atoms with E-state index in [4.69, 9.17) is 6.42 Å². The molecular formula is C10H8F2N2O4S. The predicted octanol–water partition coefficient (Wildman–Crippen LogP) is 1.17. The molecule has 1 rings (SSSR count). The van der Waals surface area contributed by atoms with Crippen molar-refractivity contribution in [3.05, 3.63) is 33.9 Å². The molecule has 0 fully saturated rings. The minimum atomic E-state index is -4.33. The highest BCUT2D eigenvalue weighted by atomic mass is 32.2. The zero-order chi connectivity index (χ0) is 14.6. The van der Waals surface area contributed by atoms with Crippen LogP contribution in [-0.4, -0.2) is 19.9 Å². The molecule has 1 N–H and O–H groups in total. The summed E-state index contributed by atoms with van der Waals surface area (Å²) in [6.45, 7) is -0.163. The molecule has 0 aliphatic carbocycles. The predicted molar refractivity (Wildman–Crippen MR) is 61.7 cm³/mol. The molecule has 0 saturated heterocycles. The zero-order valence-electron chi connectivity index (χ0n) is 9.39. The van der Waals surface area contributed by atoms with Crippen molar-refractivity contribution < 1.29 is 22.1 Å². The van der Waals surface area contributed by atoms with E-state index < -0.39 is 37.2 Å². The first-order valence-corrected chi connectivity index (χ1v) is 6.34. The number of sulfonamides is 1. The van der Waals surface area contributed by atoms with E-state index in [1.165, 1.54) is 0 Å². The van der Waals surface area contributed by atoms with Gasteiger partial charge in [0.2, 0.25) is 15.8 Å². The van der Waals surface area contributed by atoms with E-state index in [0.717, 1.165) is 0 Å². The molecule has 9 heteroatoms. The molecule has 0 bridgehead atoms. The molecule has 0 unspecified atom stereocenters. The molecular weight excluding hydrogens is 282 g/mol. The molecule has 102 valence electrons. The van der Waals surface area contributed by atoms with Crippen molar-refractivity contribution in [2.45, 2.75) is 11.3 Å². The third-order valence-corrected chi connectivity index (χ3v) is 3.53. The van der Waals surface area contributed by atoms with Crippen LogP contribution >= 0.6 is 0 Å². The molecule has 0 radical (unpaired) electrons. The lowest BCUT2D eigenvalue weighted by atomic mass is 10.3. The largest absolute Gasteiger partial charge is 0.306 e. The highest BCUT2D eigenvalue weighted by Crippen LogP contribution is 2.24. The first kappa shape index (κ1) is 15.0. The number of nitrogens with zero attached hydrogens (tertiary/aromatic N) is 1. The molecule has 6 nitrogen and oxygen atoms in total. The highest BCUT2D eigenvalue weighted by molar-refractivity contribution is 7.89. The van der Waals surface area contributed by atoms with Gasteiger partial charge in [0.25, 0.3) is 0 Å². The van der Waals surface area contributed by atoms with Crippen LogP contribution < -0.4 is 4.72 Å². The van der Waals surface area contributed by atoms with Crippen LogP contribution in [0.25, 0.3) is 0 Å². The Labute approximate surface area is 107 Å². The molecule has 0 saturated carbocycles. The van der Waals surface area contributed by atoms with Crippen molar-refractivity contribution in [3.8, 4) is 12.3 Å². The van der Waals surface area contributed by atoms with Gasteiger partial charge in [-0.25, -0.2) is 17.5 Å². The average Bonchev–Trinajstić information content (AvgIpc) is 2.28. The van der Waals surface area contributed by atoms with Crippen molar-refractivity contribution in [2.75, 3.05) is 6.54 Å². The molecule has 19 heavy (non-hydrogen) atoms. The maximum atomic E-state index is 13.4. The highest BCUT2D eigenvalue weighted by Gasteiger charge is 2.25. The fourth-order valence-corrected chi connectivity index (χ4v) is 2.31. The van der Waals surface area contributed by atoms with Crippen molar-refractivity contribution in [3.63, 3.8) is 0 Å². The number of hydrogen-bond acceptors (Lipinski definition) is 4. The summed E-state index contributed by atoms with van der Waals surface area (Å²) in [5.74, 6) is -0.718. The smallest absolute Gasteiger partial charge is 0.258 e. The van der Waals surface area contributed by atoms with E-state index in [-0.39, 0.29) is 19.0 Å². The summed E-state index contributed by atoms with van der Waals surface area (Å²) >= 11 is 0. The fourth-order valence-electron chi connectivity index (χ4n) is 1.20. The second-order valence-electron chi connectivity index (χ2n) is 3.34. The molecule has 0 atom stereocenters. The van der Waals surface area contributed by atoms with Gasteiger partial charge in [-0.05, 0) is 0 Å². The Hall–Kier alpha value is -2.05. The Morgan fingerprint density at radius 2 is 2.00 bits per heavy atom. The third kappa shape index (κ3) is 3.46. The number of halogens is 2. The molecule has 1 aromatic rings. The normalized spacial score (nSPS) is 11.0. The van der Waals surface area contributed by atoms with Crippen LogP contribution in [0.2, 0.25) is 0 Å². The number of nitro groups is 1. The topological polar surface area (TPSA) is 89.3 Å². The summed E-state index contributed by atoms with van der Waals surface area (Å²) in [4.78, 5) is 8.33. The lowest BCUT2D eigenvalue weighted by molar-refractivity contribution is -0.387. The van der Waals surface area contributed by atoms with Crippen LogP contribution in [0.3, 0.4) is 0 Å². The SMILES string of the molecule is C#CCCNS(=O)(=O)c1cc([N+](=O)[O-])c(F)cc1F. The maximum absolute atomic E-state index is 13.4. The van der Waals surface area contributed by atoms with Crippen molar-refractivity contribution in [2.24, 2.45) is 0 Å². The summed E-state index contributed by atoms with van der Waals surface area (Å²) in [6, 6.07) is 0.469. The number of rotatable bonds is 5. The minimum absolute atomic E-state index is 0.0597. The Bertz CT molecular complexity index is 652. The molecule has 0 aliphatic rings. The summed E-state index contributed by atoms with van der Waals surface area (Å²) in [5.41, 5.74) is -1.13. The second-order valence-corrected chi connectivity index (χ2v) is 5.08. The van der Waals surface area contributed by atoms with Gasteiger partial charge in [-0.2, -0.15) is 4.39 Å². The molecule has 0 amide bonds. The van der Waals surface area contributed by atoms with Gasteiger partial charge < -0.3 is 0 Å². The van der Waals surface area contributed by atoms with Gasteiger partial charge in [-0.3, -0.25) is 10.1 Å². The first-order chi connectivity index (χ1) is 8.79. The monoisotopic (exact) mass is 290 g/mol. The van der Waals surface area contributed by atoms with E-state index in [2.05, 4.69) is 5.92 Å². The Balaban J connectivity index is 3.24. The number of nitro benzene ring substituents is 1. The lowest BCUT2D eigenvalue weighted by Crippen LogP contribution is -2.25. The number of nitrogens with one attached hydrogen (secondary N) is 1. The van der Waals surface area contributed by atoms with Crippen LogP contribution in [0.15, 0.2) is 17.0 Å². The second kappa shape index (κ2) is 5.73. The van der Waals surface area contributed by atoms with E-state index in [1.807, 2.05) is 4.72 Å². The standard InChI is InChI=1S/C10H8F2N2O4S/c1-2-3-4-13-19(17,18)10-6-9(14(15)16)7(11)5-8(10)12/h1,5-6,13H,3-4H2. The summed E-state index contributed by atoms with van der Waals surface area (Å²) < 4.78 is 51.7. The third-order valence-electron chi connectivity index (χ3n) is 2.05. The van der Waals surface area contributed by atoms with Crippen molar-refractivity contribution >= 4 is 15.7 Å². The van der Waals surface area contributed by atoms with Gasteiger partial charge in [0, 0.05) is 25.1 Å². The van der Waals surface area contributed by atoms with Gasteiger partial charge in [0.1, 0.15) is 10.7 Å². The van der Waals surface area contributed by atoms with Crippen LogP contribution in [0.1, 0.15) is 6.42 Å². The summed E-state index contributed by atoms with van der Waals surface area (Å²) in [6.07, 6.45) is 4.97. The number of benzene rings is 1. The van der Waals surface area contributed by atoms with Crippen molar-refractivity contribution in [1.29, 1.82) is 0 Å². The van der Waals surface area contributed by atoms with E-state index in [9.17, 15) is 27.3 Å². The van der Waals surface area contributed by atoms with E-state index >= 15 is 0 Å². The number of hydrogen-bond donors (Lipinski definition) is 1. The molecule has 0 spiro atoms. The minimum Gasteiger partial charge on any atom is -0.258 e. The Morgan fingerprint density at radius 1 is 1.37 bits per heavy atom. The lowest BCUT2D eigenvalue weighted by Gasteiger charge is -2.06. The van der Waals surface area contributed by atoms with Gasteiger partial charge >= 0.3 is 5.69 Å². The van der Waals surface area contributed by atoms with Gasteiger partial charge in [0.05, 0.1) is 4.92 Å². The quantitative estimate of drug-likeness (QED) is 0.381. The van der Waals surface area contributed by atoms with Gasteiger partial charge in [0.15, 0.2) is 0 Å². The van der Waals surface area contributed by atoms with E-state index in [0.29, 0.717) is 6.07 Å². The average molecular weight is 290 g/mol. The van der Waals surface area contributed by atoms with Crippen LogP contribution in [0, 0.1) is 34.1 Å². The van der Waals surface area contributed by atoms with Crippen LogP contribution in [0.4, 0.5) is 14.5 Å². The van der Waals surface area contributed by atoms with E-state index in [1.54, 1.807) is 0 Å². The molecule has 0 aromatic heterocycles. The first-order valence-electron chi connectivity index (χ1n) is 4.86. The van der Waals surface area contributed by atoms with Gasteiger partial charge in [-0.15, -0.1) is 12.3 Å². The fraction of sp³-hybridized carbons (Fsp3) is 0.200. The van der Waals surface area contributed by atoms with Crippen molar-refractivity contribution in [1.82, 2.24) is 4.72 Å². The molecule has 0 heterocycles. The Kier molecular flexibility index (Phi) is 4.52.